The standard InChI is InChI=1S/C13H20N6/c1-4-7-11-15-9(14)8-13(17-11)19-12(6-3)16-10(5-2)18-19/h8H,4-7H2,1-3H3,(H2,14,15,17). The third kappa shape index (κ3) is 2.89. The normalized spacial score (nSPS) is 10.9. The third-order valence-corrected chi connectivity index (χ3v) is 2.82. The van der Waals surface area contributed by atoms with Crippen molar-refractivity contribution in [1.82, 2.24) is 24.7 Å². The van der Waals surface area contributed by atoms with Gasteiger partial charge < -0.3 is 5.73 Å². The molecule has 6 heteroatoms. The van der Waals surface area contributed by atoms with Gasteiger partial charge in [0, 0.05) is 25.3 Å². The molecule has 102 valence electrons. The Hall–Kier alpha value is -1.98. The molecule has 2 heterocycles. The topological polar surface area (TPSA) is 82.5 Å². The molecule has 6 nitrogen and oxygen atoms in total. The first kappa shape index (κ1) is 13.5. The fourth-order valence-electron chi connectivity index (χ4n) is 1.90. The molecule has 2 aromatic heterocycles. The first-order valence-electron chi connectivity index (χ1n) is 6.76. The van der Waals surface area contributed by atoms with Crippen LogP contribution < -0.4 is 5.73 Å². The monoisotopic (exact) mass is 260 g/mol. The van der Waals surface area contributed by atoms with E-state index in [0.717, 1.165) is 43.2 Å². The van der Waals surface area contributed by atoms with Crippen LogP contribution in [0.3, 0.4) is 0 Å². The highest BCUT2D eigenvalue weighted by Gasteiger charge is 2.12. The van der Waals surface area contributed by atoms with Gasteiger partial charge in [0.2, 0.25) is 0 Å². The second kappa shape index (κ2) is 5.77. The van der Waals surface area contributed by atoms with Crippen molar-refractivity contribution >= 4 is 5.82 Å². The molecule has 2 rings (SSSR count). The zero-order valence-electron chi connectivity index (χ0n) is 11.7. The van der Waals surface area contributed by atoms with Gasteiger partial charge in [-0.25, -0.2) is 15.0 Å². The molecule has 0 bridgehead atoms. The van der Waals surface area contributed by atoms with Crippen molar-refractivity contribution in [3.63, 3.8) is 0 Å². The van der Waals surface area contributed by atoms with Gasteiger partial charge in [-0.1, -0.05) is 20.8 Å². The van der Waals surface area contributed by atoms with Crippen LogP contribution in [0.2, 0.25) is 0 Å². The molecule has 0 aliphatic rings. The first-order chi connectivity index (χ1) is 9.17. The van der Waals surface area contributed by atoms with E-state index in [9.17, 15) is 0 Å². The highest BCUT2D eigenvalue weighted by Crippen LogP contribution is 2.12. The van der Waals surface area contributed by atoms with Crippen LogP contribution in [0, 0.1) is 0 Å². The van der Waals surface area contributed by atoms with E-state index in [-0.39, 0.29) is 0 Å². The lowest BCUT2D eigenvalue weighted by Crippen LogP contribution is -2.09. The summed E-state index contributed by atoms with van der Waals surface area (Å²) in [6.45, 7) is 6.18. The Bertz CT molecular complexity index is 560. The molecule has 2 N–H and O–H groups in total. The molecule has 19 heavy (non-hydrogen) atoms. The minimum absolute atomic E-state index is 0.476. The van der Waals surface area contributed by atoms with Gasteiger partial charge >= 0.3 is 0 Å². The Balaban J connectivity index is 2.48. The van der Waals surface area contributed by atoms with E-state index < -0.39 is 0 Å². The Kier molecular flexibility index (Phi) is 4.09. The number of nitrogens with zero attached hydrogens (tertiary/aromatic N) is 5. The van der Waals surface area contributed by atoms with Crippen LogP contribution in [0.25, 0.3) is 5.82 Å². The maximum absolute atomic E-state index is 5.85. The van der Waals surface area contributed by atoms with E-state index in [4.69, 9.17) is 5.73 Å². The number of aryl methyl sites for hydroxylation is 3. The lowest BCUT2D eigenvalue weighted by atomic mass is 10.3. The van der Waals surface area contributed by atoms with Crippen LogP contribution in [-0.2, 0) is 19.3 Å². The van der Waals surface area contributed by atoms with Crippen LogP contribution in [0.15, 0.2) is 6.07 Å². The van der Waals surface area contributed by atoms with Crippen molar-refractivity contribution < 1.29 is 0 Å². The molecule has 0 unspecified atom stereocenters. The third-order valence-electron chi connectivity index (χ3n) is 2.82. The Morgan fingerprint density at radius 2 is 1.84 bits per heavy atom. The zero-order chi connectivity index (χ0) is 13.8. The molecule has 0 saturated carbocycles. The van der Waals surface area contributed by atoms with Crippen LogP contribution in [0.1, 0.15) is 44.7 Å². The van der Waals surface area contributed by atoms with Crippen molar-refractivity contribution in [2.75, 3.05) is 5.73 Å². The Labute approximate surface area is 113 Å². The zero-order valence-corrected chi connectivity index (χ0v) is 11.7. The largest absolute Gasteiger partial charge is 0.384 e. The molecule has 2 aromatic rings. The summed E-state index contributed by atoms with van der Waals surface area (Å²) < 4.78 is 1.77. The fraction of sp³-hybridized carbons (Fsp3) is 0.538. The summed E-state index contributed by atoms with van der Waals surface area (Å²) in [7, 11) is 0. The predicted molar refractivity (Wildman–Crippen MR) is 74.1 cm³/mol. The summed E-state index contributed by atoms with van der Waals surface area (Å²) in [5, 5.41) is 4.47. The maximum Gasteiger partial charge on any atom is 0.161 e. The van der Waals surface area contributed by atoms with Gasteiger partial charge in [-0.05, 0) is 6.42 Å². The minimum Gasteiger partial charge on any atom is -0.384 e. The Morgan fingerprint density at radius 1 is 1.05 bits per heavy atom. The summed E-state index contributed by atoms with van der Waals surface area (Å²) >= 11 is 0. The second-order valence-corrected chi connectivity index (χ2v) is 4.38. The number of hydrogen-bond acceptors (Lipinski definition) is 5. The second-order valence-electron chi connectivity index (χ2n) is 4.38. The highest BCUT2D eigenvalue weighted by atomic mass is 15.4. The van der Waals surface area contributed by atoms with Gasteiger partial charge in [-0.3, -0.25) is 0 Å². The van der Waals surface area contributed by atoms with Gasteiger partial charge in [0.05, 0.1) is 0 Å². The van der Waals surface area contributed by atoms with Gasteiger partial charge in [0.25, 0.3) is 0 Å². The van der Waals surface area contributed by atoms with Crippen molar-refractivity contribution in [2.45, 2.75) is 46.5 Å². The molecule has 0 fully saturated rings. The lowest BCUT2D eigenvalue weighted by molar-refractivity contribution is 0.745. The molecule has 0 aliphatic carbocycles. The van der Waals surface area contributed by atoms with Crippen LogP contribution in [0.4, 0.5) is 5.82 Å². The van der Waals surface area contributed by atoms with Crippen molar-refractivity contribution in [1.29, 1.82) is 0 Å². The number of anilines is 1. The minimum atomic E-state index is 0.476. The molecule has 0 radical (unpaired) electrons. The van der Waals surface area contributed by atoms with E-state index in [1.165, 1.54) is 0 Å². The number of aromatic nitrogens is 5. The fourth-order valence-corrected chi connectivity index (χ4v) is 1.90. The summed E-state index contributed by atoms with van der Waals surface area (Å²) in [6, 6.07) is 1.74. The molecule has 0 aromatic carbocycles. The average Bonchev–Trinajstić information content (AvgIpc) is 2.81. The molecule has 0 spiro atoms. The summed E-state index contributed by atoms with van der Waals surface area (Å²) in [5.74, 6) is 3.67. The van der Waals surface area contributed by atoms with Crippen LogP contribution >= 0.6 is 0 Å². The van der Waals surface area contributed by atoms with Crippen LogP contribution in [0.5, 0.6) is 0 Å². The van der Waals surface area contributed by atoms with E-state index in [1.54, 1.807) is 10.7 Å². The van der Waals surface area contributed by atoms with Crippen LogP contribution in [-0.4, -0.2) is 24.7 Å². The molecule has 0 aliphatic heterocycles. The van der Waals surface area contributed by atoms with E-state index in [2.05, 4.69) is 33.9 Å². The quantitative estimate of drug-likeness (QED) is 0.885. The summed E-state index contributed by atoms with van der Waals surface area (Å²) in [5.41, 5.74) is 5.85. The molecule has 0 saturated heterocycles. The first-order valence-corrected chi connectivity index (χ1v) is 6.76. The van der Waals surface area contributed by atoms with Crippen molar-refractivity contribution in [3.05, 3.63) is 23.5 Å². The van der Waals surface area contributed by atoms with Gasteiger partial charge in [0.1, 0.15) is 17.5 Å². The Morgan fingerprint density at radius 3 is 2.47 bits per heavy atom. The lowest BCUT2D eigenvalue weighted by Gasteiger charge is -2.06. The number of nitrogens with two attached hydrogens (primary N) is 1. The smallest absolute Gasteiger partial charge is 0.161 e. The van der Waals surface area contributed by atoms with Crippen molar-refractivity contribution in [3.8, 4) is 5.82 Å². The van der Waals surface area contributed by atoms with Gasteiger partial charge in [0.15, 0.2) is 11.6 Å². The summed E-state index contributed by atoms with van der Waals surface area (Å²) in [4.78, 5) is 13.2. The summed E-state index contributed by atoms with van der Waals surface area (Å²) in [6.07, 6.45) is 3.42. The van der Waals surface area contributed by atoms with E-state index in [0.29, 0.717) is 11.6 Å². The number of rotatable bonds is 5. The molecule has 0 atom stereocenters. The maximum atomic E-state index is 5.85. The SMILES string of the molecule is CCCc1nc(N)cc(-n2nc(CC)nc2CC)n1. The highest BCUT2D eigenvalue weighted by molar-refractivity contribution is 5.37. The average molecular weight is 260 g/mol. The molecular weight excluding hydrogens is 240 g/mol. The van der Waals surface area contributed by atoms with Gasteiger partial charge in [-0.15, -0.1) is 5.10 Å². The number of nitrogen functional groups attached to an aromatic ring is 1. The molecule has 0 amide bonds. The van der Waals surface area contributed by atoms with Gasteiger partial charge in [-0.2, -0.15) is 4.68 Å². The van der Waals surface area contributed by atoms with E-state index in [1.807, 2.05) is 6.92 Å². The van der Waals surface area contributed by atoms with Crippen molar-refractivity contribution in [2.24, 2.45) is 0 Å². The predicted octanol–water partition coefficient (Wildman–Crippen LogP) is 1.72. The van der Waals surface area contributed by atoms with E-state index >= 15 is 0 Å². The number of hydrogen-bond donors (Lipinski definition) is 1. The molecular formula is C13H20N6.